The minimum atomic E-state index is 0. The van der Waals surface area contributed by atoms with E-state index in [1.165, 1.54) is 0 Å². The molecule has 0 saturated carbocycles. The van der Waals surface area contributed by atoms with E-state index in [1.807, 2.05) is 12.1 Å². The van der Waals surface area contributed by atoms with Gasteiger partial charge >= 0.3 is 0 Å². The third-order valence-corrected chi connectivity index (χ3v) is 2.78. The molecule has 2 N–H and O–H groups in total. The third kappa shape index (κ3) is 5.98. The molecule has 0 bridgehead atoms. The van der Waals surface area contributed by atoms with Crippen molar-refractivity contribution in [1.29, 1.82) is 0 Å². The quantitative estimate of drug-likeness (QED) is 0.653. The van der Waals surface area contributed by atoms with Crippen LogP contribution in [0, 0.1) is 0 Å². The van der Waals surface area contributed by atoms with Gasteiger partial charge in [-0.25, -0.2) is 0 Å². The van der Waals surface area contributed by atoms with Gasteiger partial charge < -0.3 is 5.73 Å². The summed E-state index contributed by atoms with van der Waals surface area (Å²) in [6.45, 7) is 0.722. The maximum Gasteiger partial charge on any atom is 0.0635 e. The van der Waals surface area contributed by atoms with Crippen molar-refractivity contribution in [3.8, 4) is 0 Å². The molecular weight excluding hydrogens is 259 g/mol. The predicted molar refractivity (Wildman–Crippen MR) is 71.2 cm³/mol. The number of aromatic nitrogens is 1. The van der Waals surface area contributed by atoms with Crippen LogP contribution < -0.4 is 5.73 Å². The maximum absolute atomic E-state index is 5.37. The summed E-state index contributed by atoms with van der Waals surface area (Å²) in [7, 11) is 0. The van der Waals surface area contributed by atoms with Crippen LogP contribution in [-0.2, 0) is 5.75 Å². The first-order chi connectivity index (χ1) is 5.84. The van der Waals surface area contributed by atoms with Crippen molar-refractivity contribution in [2.24, 2.45) is 5.73 Å². The summed E-state index contributed by atoms with van der Waals surface area (Å²) in [4.78, 5) is 5.17. The second-order valence-corrected chi connectivity index (χ2v) is 3.90. The van der Waals surface area contributed by atoms with Crippen molar-refractivity contribution in [3.05, 3.63) is 24.0 Å². The Balaban J connectivity index is 0. The van der Waals surface area contributed by atoms with E-state index in [2.05, 4.69) is 17.6 Å². The van der Waals surface area contributed by atoms with Gasteiger partial charge in [0.15, 0.2) is 0 Å². The van der Waals surface area contributed by atoms with Gasteiger partial charge in [0.25, 0.3) is 0 Å². The molecule has 0 spiro atoms. The fourth-order valence-corrected chi connectivity index (χ4v) is 1.86. The lowest BCUT2D eigenvalue weighted by atomic mass is 10.4. The van der Waals surface area contributed by atoms with Gasteiger partial charge in [0.05, 0.1) is 5.69 Å². The molecule has 0 aromatic carbocycles. The van der Waals surface area contributed by atoms with Gasteiger partial charge in [0.1, 0.15) is 0 Å². The van der Waals surface area contributed by atoms with E-state index in [0.29, 0.717) is 0 Å². The largest absolute Gasteiger partial charge is 0.330 e. The Kier molecular flexibility index (Phi) is 11.9. The summed E-state index contributed by atoms with van der Waals surface area (Å²) in [5, 5.41) is 0. The first-order valence-electron chi connectivity index (χ1n) is 3.75. The van der Waals surface area contributed by atoms with Crippen LogP contribution in [0.3, 0.4) is 0 Å². The molecular formula is C8H14Cl2N2S2. The number of rotatable bonds is 4. The van der Waals surface area contributed by atoms with Crippen LogP contribution in [0.15, 0.2) is 23.2 Å². The molecule has 82 valence electrons. The fraction of sp³-hybridized carbons (Fsp3) is 0.375. The van der Waals surface area contributed by atoms with E-state index in [0.717, 1.165) is 28.6 Å². The van der Waals surface area contributed by atoms with Crippen molar-refractivity contribution in [3.63, 3.8) is 0 Å². The fourth-order valence-electron chi connectivity index (χ4n) is 0.793. The number of pyridine rings is 1. The maximum atomic E-state index is 5.37. The van der Waals surface area contributed by atoms with E-state index >= 15 is 0 Å². The van der Waals surface area contributed by atoms with Crippen molar-refractivity contribution < 1.29 is 0 Å². The topological polar surface area (TPSA) is 38.9 Å². The Morgan fingerprint density at radius 2 is 2.14 bits per heavy atom. The Hall–Kier alpha value is 0.390. The van der Waals surface area contributed by atoms with E-state index in [1.54, 1.807) is 18.0 Å². The first kappa shape index (κ1) is 16.8. The Morgan fingerprint density at radius 3 is 2.71 bits per heavy atom. The average Bonchev–Trinajstić information content (AvgIpc) is 2.09. The molecule has 0 aliphatic carbocycles. The average molecular weight is 273 g/mol. The highest BCUT2D eigenvalue weighted by molar-refractivity contribution is 7.98. The minimum Gasteiger partial charge on any atom is -0.330 e. The number of nitrogens with two attached hydrogens (primary N) is 1. The van der Waals surface area contributed by atoms with Crippen molar-refractivity contribution in [2.75, 3.05) is 12.3 Å². The zero-order valence-corrected chi connectivity index (χ0v) is 10.9. The lowest BCUT2D eigenvalue weighted by Crippen LogP contribution is -2.01. The number of thiol groups is 1. The second kappa shape index (κ2) is 9.93. The van der Waals surface area contributed by atoms with Gasteiger partial charge in [-0.2, -0.15) is 11.8 Å². The number of nitrogens with zero attached hydrogens (tertiary/aromatic N) is 1. The summed E-state index contributed by atoms with van der Waals surface area (Å²) < 4.78 is 0. The van der Waals surface area contributed by atoms with Crippen LogP contribution in [0.4, 0.5) is 0 Å². The van der Waals surface area contributed by atoms with E-state index in [9.17, 15) is 0 Å². The van der Waals surface area contributed by atoms with Crippen LogP contribution in [0.25, 0.3) is 0 Å². The lowest BCUT2D eigenvalue weighted by Gasteiger charge is -2.01. The standard InChI is InChI=1S/C8H12N2S2.2ClH/c9-3-5-12-6-7-8(11)2-1-4-10-7;;/h1-2,4,11H,3,5-6,9H2;2*1H. The van der Waals surface area contributed by atoms with Crippen LogP contribution in [0.1, 0.15) is 5.69 Å². The molecule has 1 rings (SSSR count). The summed E-state index contributed by atoms with van der Waals surface area (Å²) in [6, 6.07) is 3.84. The van der Waals surface area contributed by atoms with Crippen LogP contribution in [0.2, 0.25) is 0 Å². The van der Waals surface area contributed by atoms with Gasteiger partial charge in [-0.1, -0.05) is 0 Å². The predicted octanol–water partition coefficient (Wildman–Crippen LogP) is 2.41. The van der Waals surface area contributed by atoms with E-state index in [4.69, 9.17) is 5.73 Å². The van der Waals surface area contributed by atoms with Crippen molar-refractivity contribution >= 4 is 49.2 Å². The zero-order chi connectivity index (χ0) is 8.81. The first-order valence-corrected chi connectivity index (χ1v) is 5.35. The zero-order valence-electron chi connectivity index (χ0n) is 7.55. The number of halogens is 2. The van der Waals surface area contributed by atoms with Gasteiger partial charge in [0.2, 0.25) is 0 Å². The van der Waals surface area contributed by atoms with Crippen LogP contribution >= 0.6 is 49.2 Å². The number of hydrogen-bond acceptors (Lipinski definition) is 4. The third-order valence-electron chi connectivity index (χ3n) is 1.37. The molecule has 0 aliphatic rings. The number of thioether (sulfide) groups is 1. The normalized spacial score (nSPS) is 8.71. The minimum absolute atomic E-state index is 0. The molecule has 2 nitrogen and oxygen atoms in total. The molecule has 0 fully saturated rings. The molecule has 6 heteroatoms. The second-order valence-electron chi connectivity index (χ2n) is 2.31. The Morgan fingerprint density at radius 1 is 1.43 bits per heavy atom. The van der Waals surface area contributed by atoms with Gasteiger partial charge in [-0.3, -0.25) is 4.98 Å². The van der Waals surface area contributed by atoms with Crippen LogP contribution in [0.5, 0.6) is 0 Å². The van der Waals surface area contributed by atoms with Crippen molar-refractivity contribution in [1.82, 2.24) is 4.98 Å². The van der Waals surface area contributed by atoms with Crippen molar-refractivity contribution in [2.45, 2.75) is 10.6 Å². The molecule has 14 heavy (non-hydrogen) atoms. The molecule has 1 heterocycles. The molecule has 0 saturated heterocycles. The number of hydrogen-bond donors (Lipinski definition) is 2. The molecule has 0 aliphatic heterocycles. The molecule has 0 radical (unpaired) electrons. The summed E-state index contributed by atoms with van der Waals surface area (Å²) in [5.41, 5.74) is 6.41. The summed E-state index contributed by atoms with van der Waals surface area (Å²) in [6.07, 6.45) is 1.79. The molecule has 0 amide bonds. The van der Waals surface area contributed by atoms with E-state index in [-0.39, 0.29) is 24.8 Å². The molecule has 1 aromatic heterocycles. The summed E-state index contributed by atoms with van der Waals surface area (Å²) in [5.74, 6) is 1.88. The van der Waals surface area contributed by atoms with E-state index < -0.39 is 0 Å². The molecule has 0 atom stereocenters. The lowest BCUT2D eigenvalue weighted by molar-refractivity contribution is 1.09. The van der Waals surface area contributed by atoms with Gasteiger partial charge in [-0.05, 0) is 12.1 Å². The Bertz CT molecular complexity index is 249. The van der Waals surface area contributed by atoms with Gasteiger partial charge in [0, 0.05) is 29.1 Å². The SMILES string of the molecule is Cl.Cl.NCCSCc1ncccc1S. The monoisotopic (exact) mass is 272 g/mol. The highest BCUT2D eigenvalue weighted by Gasteiger charge is 1.97. The van der Waals surface area contributed by atoms with Crippen LogP contribution in [-0.4, -0.2) is 17.3 Å². The highest BCUT2D eigenvalue weighted by atomic mass is 35.5. The molecule has 0 unspecified atom stereocenters. The van der Waals surface area contributed by atoms with Gasteiger partial charge in [-0.15, -0.1) is 37.4 Å². The Labute approximate surface area is 107 Å². The molecule has 1 aromatic rings. The highest BCUT2D eigenvalue weighted by Crippen LogP contribution is 2.16. The summed E-state index contributed by atoms with van der Waals surface area (Å²) >= 11 is 6.08. The smallest absolute Gasteiger partial charge is 0.0635 e.